The molecule has 4 heteroatoms. The molecule has 0 aromatic carbocycles. The van der Waals surface area contributed by atoms with Gasteiger partial charge in [-0.25, -0.2) is 4.98 Å². The van der Waals surface area contributed by atoms with Gasteiger partial charge in [-0.3, -0.25) is 4.90 Å². The second-order valence-electron chi connectivity index (χ2n) is 5.66. The fourth-order valence-corrected chi connectivity index (χ4v) is 2.60. The van der Waals surface area contributed by atoms with Crippen molar-refractivity contribution in [2.75, 3.05) is 13.2 Å². The molecule has 0 atom stereocenters. The van der Waals surface area contributed by atoms with Crippen LogP contribution in [0.15, 0.2) is 5.38 Å². The molecule has 98 valence electrons. The Labute approximate surface area is 108 Å². The standard InChI is InChI=1S/C13H24N2OS/c1-10(2)15(6-7-16)8-12-14-11(9-17-12)13(3,4)5/h9-10,16H,6-8H2,1-5H3. The molecule has 0 aliphatic carbocycles. The molecule has 0 spiro atoms. The highest BCUT2D eigenvalue weighted by Gasteiger charge is 2.18. The summed E-state index contributed by atoms with van der Waals surface area (Å²) in [6.07, 6.45) is 0. The van der Waals surface area contributed by atoms with Gasteiger partial charge >= 0.3 is 0 Å². The van der Waals surface area contributed by atoms with Gasteiger partial charge in [-0.1, -0.05) is 20.8 Å². The molecule has 1 aromatic rings. The molecule has 17 heavy (non-hydrogen) atoms. The third-order valence-corrected chi connectivity index (χ3v) is 3.61. The van der Waals surface area contributed by atoms with Crippen LogP contribution in [0.4, 0.5) is 0 Å². The number of nitrogens with zero attached hydrogens (tertiary/aromatic N) is 2. The van der Waals surface area contributed by atoms with Gasteiger partial charge in [0.05, 0.1) is 18.8 Å². The van der Waals surface area contributed by atoms with Crippen molar-refractivity contribution in [1.82, 2.24) is 9.88 Å². The van der Waals surface area contributed by atoms with E-state index >= 15 is 0 Å². The predicted molar refractivity (Wildman–Crippen MR) is 73.4 cm³/mol. The lowest BCUT2D eigenvalue weighted by Gasteiger charge is -2.24. The lowest BCUT2D eigenvalue weighted by molar-refractivity contribution is 0.159. The van der Waals surface area contributed by atoms with Crippen LogP contribution in [0, 0.1) is 0 Å². The maximum absolute atomic E-state index is 9.04. The van der Waals surface area contributed by atoms with Crippen LogP contribution < -0.4 is 0 Å². The van der Waals surface area contributed by atoms with E-state index in [0.717, 1.165) is 17.2 Å². The lowest BCUT2D eigenvalue weighted by Crippen LogP contribution is -2.32. The van der Waals surface area contributed by atoms with Gasteiger partial charge in [0.25, 0.3) is 0 Å². The molecule has 0 amide bonds. The molecular weight excluding hydrogens is 232 g/mol. The summed E-state index contributed by atoms with van der Waals surface area (Å²) < 4.78 is 0. The van der Waals surface area contributed by atoms with Crippen molar-refractivity contribution in [2.24, 2.45) is 0 Å². The van der Waals surface area contributed by atoms with Crippen molar-refractivity contribution in [1.29, 1.82) is 0 Å². The number of aliphatic hydroxyl groups is 1. The van der Waals surface area contributed by atoms with Crippen LogP contribution in [0.2, 0.25) is 0 Å². The van der Waals surface area contributed by atoms with Gasteiger partial charge in [0.2, 0.25) is 0 Å². The van der Waals surface area contributed by atoms with Gasteiger partial charge in [0, 0.05) is 23.4 Å². The maximum atomic E-state index is 9.04. The summed E-state index contributed by atoms with van der Waals surface area (Å²) in [4.78, 5) is 6.92. The minimum Gasteiger partial charge on any atom is -0.395 e. The fraction of sp³-hybridized carbons (Fsp3) is 0.769. The van der Waals surface area contributed by atoms with E-state index in [2.05, 4.69) is 49.9 Å². The van der Waals surface area contributed by atoms with Crippen molar-refractivity contribution < 1.29 is 5.11 Å². The molecule has 3 nitrogen and oxygen atoms in total. The lowest BCUT2D eigenvalue weighted by atomic mass is 9.93. The molecule has 0 aliphatic rings. The molecule has 1 aromatic heterocycles. The summed E-state index contributed by atoms with van der Waals surface area (Å²) in [6, 6.07) is 0.434. The first kappa shape index (κ1) is 14.6. The van der Waals surface area contributed by atoms with Gasteiger partial charge in [-0.05, 0) is 13.8 Å². The van der Waals surface area contributed by atoms with Crippen LogP contribution in [0.5, 0.6) is 0 Å². The molecule has 0 fully saturated rings. The summed E-state index contributed by atoms with van der Waals surface area (Å²) in [7, 11) is 0. The quantitative estimate of drug-likeness (QED) is 0.880. The maximum Gasteiger partial charge on any atom is 0.107 e. The van der Waals surface area contributed by atoms with Crippen LogP contribution in [-0.4, -0.2) is 34.2 Å². The van der Waals surface area contributed by atoms with E-state index < -0.39 is 0 Å². The Bertz CT molecular complexity index is 341. The molecule has 0 unspecified atom stereocenters. The molecule has 0 saturated carbocycles. The summed E-state index contributed by atoms with van der Waals surface area (Å²) >= 11 is 1.71. The zero-order valence-electron chi connectivity index (χ0n) is 11.5. The number of thiazole rings is 1. The van der Waals surface area contributed by atoms with Crippen LogP contribution in [-0.2, 0) is 12.0 Å². The first-order valence-corrected chi connectivity index (χ1v) is 7.02. The van der Waals surface area contributed by atoms with Crippen LogP contribution >= 0.6 is 11.3 Å². The zero-order valence-corrected chi connectivity index (χ0v) is 12.3. The predicted octanol–water partition coefficient (Wildman–Crippen LogP) is 2.64. The third-order valence-electron chi connectivity index (χ3n) is 2.78. The van der Waals surface area contributed by atoms with Crippen molar-refractivity contribution in [3.63, 3.8) is 0 Å². The van der Waals surface area contributed by atoms with Gasteiger partial charge in [-0.2, -0.15) is 0 Å². The van der Waals surface area contributed by atoms with E-state index in [4.69, 9.17) is 5.11 Å². The Morgan fingerprint density at radius 2 is 2.06 bits per heavy atom. The molecule has 1 heterocycles. The summed E-state index contributed by atoms with van der Waals surface area (Å²) in [6.45, 7) is 12.6. The monoisotopic (exact) mass is 256 g/mol. The first-order valence-electron chi connectivity index (χ1n) is 6.14. The van der Waals surface area contributed by atoms with Crippen molar-refractivity contribution in [3.05, 3.63) is 16.1 Å². The van der Waals surface area contributed by atoms with E-state index in [1.165, 1.54) is 0 Å². The normalized spacial score (nSPS) is 12.7. The zero-order chi connectivity index (χ0) is 13.1. The largest absolute Gasteiger partial charge is 0.395 e. The first-order chi connectivity index (χ1) is 7.84. The molecule has 0 saturated heterocycles. The van der Waals surface area contributed by atoms with Crippen LogP contribution in [0.25, 0.3) is 0 Å². The topological polar surface area (TPSA) is 36.4 Å². The Kier molecular flexibility index (Phi) is 5.10. The molecular formula is C13H24N2OS. The van der Waals surface area contributed by atoms with Gasteiger partial charge in [-0.15, -0.1) is 11.3 Å². The molecule has 0 aliphatic heterocycles. The van der Waals surface area contributed by atoms with E-state index in [0.29, 0.717) is 12.6 Å². The Morgan fingerprint density at radius 3 is 2.47 bits per heavy atom. The Hall–Kier alpha value is -0.450. The van der Waals surface area contributed by atoms with E-state index in [9.17, 15) is 0 Å². The summed E-state index contributed by atoms with van der Waals surface area (Å²) in [5.41, 5.74) is 1.28. The SMILES string of the molecule is CC(C)N(CCO)Cc1nc(C(C)(C)C)cs1. The number of aromatic nitrogens is 1. The minimum atomic E-state index is 0.119. The highest BCUT2D eigenvalue weighted by atomic mass is 32.1. The van der Waals surface area contributed by atoms with Gasteiger partial charge in [0.15, 0.2) is 0 Å². The van der Waals surface area contributed by atoms with Gasteiger partial charge < -0.3 is 5.11 Å². The Balaban J connectivity index is 2.70. The Morgan fingerprint density at radius 1 is 1.41 bits per heavy atom. The van der Waals surface area contributed by atoms with Gasteiger partial charge in [0.1, 0.15) is 5.01 Å². The number of rotatable bonds is 5. The van der Waals surface area contributed by atoms with E-state index in [1.807, 2.05) is 0 Å². The number of hydrogen-bond acceptors (Lipinski definition) is 4. The average molecular weight is 256 g/mol. The smallest absolute Gasteiger partial charge is 0.107 e. The van der Waals surface area contributed by atoms with Crippen LogP contribution in [0.3, 0.4) is 0 Å². The van der Waals surface area contributed by atoms with Crippen molar-refractivity contribution in [2.45, 2.75) is 52.6 Å². The summed E-state index contributed by atoms with van der Waals surface area (Å²) in [5.74, 6) is 0. The van der Waals surface area contributed by atoms with Crippen LogP contribution in [0.1, 0.15) is 45.3 Å². The fourth-order valence-electron chi connectivity index (χ4n) is 1.55. The van der Waals surface area contributed by atoms with Crippen molar-refractivity contribution in [3.8, 4) is 0 Å². The third kappa shape index (κ3) is 4.37. The van der Waals surface area contributed by atoms with E-state index in [-0.39, 0.29) is 12.0 Å². The molecule has 0 radical (unpaired) electrons. The molecule has 1 rings (SSSR count). The number of aliphatic hydroxyl groups excluding tert-OH is 1. The summed E-state index contributed by atoms with van der Waals surface area (Å²) in [5, 5.41) is 12.3. The highest BCUT2D eigenvalue weighted by Crippen LogP contribution is 2.24. The highest BCUT2D eigenvalue weighted by molar-refractivity contribution is 7.09. The average Bonchev–Trinajstić information content (AvgIpc) is 2.64. The minimum absolute atomic E-state index is 0.119. The second kappa shape index (κ2) is 5.94. The van der Waals surface area contributed by atoms with E-state index in [1.54, 1.807) is 11.3 Å². The molecule has 0 bridgehead atoms. The molecule has 1 N–H and O–H groups in total. The number of hydrogen-bond donors (Lipinski definition) is 1. The second-order valence-corrected chi connectivity index (χ2v) is 6.61. The van der Waals surface area contributed by atoms with Crippen molar-refractivity contribution >= 4 is 11.3 Å².